The van der Waals surface area contributed by atoms with Crippen molar-refractivity contribution >= 4 is 22.6 Å². The summed E-state index contributed by atoms with van der Waals surface area (Å²) < 4.78 is 16.8. The second-order valence-corrected chi connectivity index (χ2v) is 17.0. The van der Waals surface area contributed by atoms with Gasteiger partial charge in [-0.1, -0.05) is 20.8 Å². The molecule has 0 aromatic heterocycles. The van der Waals surface area contributed by atoms with Crippen LogP contribution in [0.15, 0.2) is 12.0 Å². The van der Waals surface area contributed by atoms with Crippen molar-refractivity contribution in [1.82, 2.24) is 0 Å². The summed E-state index contributed by atoms with van der Waals surface area (Å²) in [7, 11) is -3.64. The lowest BCUT2D eigenvalue weighted by Gasteiger charge is -2.24. The molecule has 0 fully saturated rings. The molecule has 0 spiro atoms. The molecule has 0 saturated heterocycles. The molecule has 0 aromatic carbocycles. The molecule has 0 heterocycles. The van der Waals surface area contributed by atoms with Gasteiger partial charge < -0.3 is 13.6 Å². The summed E-state index contributed by atoms with van der Waals surface area (Å²) in [5.41, 5.74) is -0.0699. The van der Waals surface area contributed by atoms with Crippen molar-refractivity contribution in [2.24, 2.45) is 5.41 Å². The molecule has 0 aliphatic rings. The maximum Gasteiger partial charge on any atom is 0.375 e. The van der Waals surface area contributed by atoms with Crippen LogP contribution in [0.4, 0.5) is 0 Å². The monoisotopic (exact) mass is 318 g/mol. The van der Waals surface area contributed by atoms with Crippen LogP contribution in [0.3, 0.4) is 0 Å². The maximum absolute atomic E-state index is 12.1. The molecule has 20 heavy (non-hydrogen) atoms. The van der Waals surface area contributed by atoms with Crippen molar-refractivity contribution in [1.29, 1.82) is 0 Å². The van der Waals surface area contributed by atoms with Gasteiger partial charge in [0.2, 0.25) is 22.4 Å². The van der Waals surface area contributed by atoms with E-state index in [1.54, 1.807) is 0 Å². The number of carbonyl (C=O) groups is 1. The first-order valence-electron chi connectivity index (χ1n) is 6.94. The summed E-state index contributed by atoms with van der Waals surface area (Å²) >= 11 is 0. The van der Waals surface area contributed by atoms with Crippen molar-refractivity contribution in [2.45, 2.75) is 60.1 Å². The topological polar surface area (TPSA) is 44.8 Å². The summed E-state index contributed by atoms with van der Waals surface area (Å²) in [6.45, 7) is 18.6. The molecule has 0 N–H and O–H groups in total. The fraction of sp³-hybridized carbons (Fsp3) is 0.786. The van der Waals surface area contributed by atoms with Gasteiger partial charge >= 0.3 is 5.97 Å². The minimum absolute atomic E-state index is 0.0699. The van der Waals surface area contributed by atoms with E-state index in [0.717, 1.165) is 0 Å². The predicted octanol–water partition coefficient (Wildman–Crippen LogP) is 4.12. The summed E-state index contributed by atoms with van der Waals surface area (Å²) in [6.07, 6.45) is 1.44. The molecular weight excluding hydrogens is 288 g/mol. The van der Waals surface area contributed by atoms with E-state index in [1.807, 2.05) is 40.4 Å². The van der Waals surface area contributed by atoms with E-state index in [9.17, 15) is 4.79 Å². The highest BCUT2D eigenvalue weighted by Gasteiger charge is 2.26. The van der Waals surface area contributed by atoms with Crippen LogP contribution in [0.1, 0.15) is 20.8 Å². The number of ether oxygens (including phenoxy) is 1. The Bertz CT molecular complexity index is 357. The van der Waals surface area contributed by atoms with Gasteiger partial charge in [0, 0.05) is 0 Å². The first-order chi connectivity index (χ1) is 8.70. The third-order valence-corrected chi connectivity index (χ3v) is 3.43. The first kappa shape index (κ1) is 19.2. The minimum atomic E-state index is -1.89. The third-order valence-electron chi connectivity index (χ3n) is 1.77. The van der Waals surface area contributed by atoms with Gasteiger partial charge in [-0.25, -0.2) is 4.79 Å². The molecule has 0 aliphatic heterocycles. The molecule has 0 atom stereocenters. The van der Waals surface area contributed by atoms with E-state index >= 15 is 0 Å². The van der Waals surface area contributed by atoms with E-state index in [4.69, 9.17) is 13.6 Å². The number of rotatable bonds is 6. The molecule has 0 bridgehead atoms. The van der Waals surface area contributed by atoms with Gasteiger partial charge in [-0.3, -0.25) is 0 Å². The molecule has 4 nitrogen and oxygen atoms in total. The summed E-state index contributed by atoms with van der Waals surface area (Å²) in [4.78, 5) is 12.1. The highest BCUT2D eigenvalue weighted by Crippen LogP contribution is 2.17. The van der Waals surface area contributed by atoms with E-state index in [2.05, 4.69) is 19.6 Å². The van der Waals surface area contributed by atoms with Crippen molar-refractivity contribution in [3.05, 3.63) is 12.0 Å². The Balaban J connectivity index is 4.89. The SMILES string of the molecule is CC(C)(C)COC(=O)C(=CO[Si](C)(C)C)O[Si](C)(C)C. The van der Waals surface area contributed by atoms with E-state index in [0.29, 0.717) is 6.61 Å². The zero-order valence-electron chi connectivity index (χ0n) is 14.4. The Morgan fingerprint density at radius 2 is 1.50 bits per heavy atom. The lowest BCUT2D eigenvalue weighted by atomic mass is 9.99. The van der Waals surface area contributed by atoms with Crippen molar-refractivity contribution in [3.63, 3.8) is 0 Å². The Kier molecular flexibility index (Phi) is 6.54. The number of hydrogen-bond donors (Lipinski definition) is 0. The van der Waals surface area contributed by atoms with Gasteiger partial charge in [-0.2, -0.15) is 0 Å². The van der Waals surface area contributed by atoms with Crippen molar-refractivity contribution < 1.29 is 18.4 Å². The first-order valence-corrected chi connectivity index (χ1v) is 13.8. The van der Waals surface area contributed by atoms with Gasteiger partial charge in [0.05, 0.1) is 6.61 Å². The minimum Gasteiger partial charge on any atom is -0.547 e. The average Bonchev–Trinajstić information content (AvgIpc) is 2.16. The van der Waals surface area contributed by atoms with Gasteiger partial charge in [0.25, 0.3) is 0 Å². The predicted molar refractivity (Wildman–Crippen MR) is 87.4 cm³/mol. The zero-order valence-corrected chi connectivity index (χ0v) is 16.4. The molecule has 0 rings (SSSR count). The Morgan fingerprint density at radius 1 is 1.00 bits per heavy atom. The van der Waals surface area contributed by atoms with Gasteiger partial charge in [0.15, 0.2) is 0 Å². The average molecular weight is 319 g/mol. The molecule has 0 aromatic rings. The standard InChI is InChI=1S/C14H30O4Si2/c1-14(2,3)11-16-13(15)12(18-20(7,8)9)10-17-19(4,5)6/h10H,11H2,1-9H3. The number of carbonyl (C=O) groups excluding carboxylic acids is 1. The lowest BCUT2D eigenvalue weighted by Crippen LogP contribution is -2.30. The second-order valence-electron chi connectivity index (χ2n) is 8.06. The van der Waals surface area contributed by atoms with E-state index < -0.39 is 22.6 Å². The smallest absolute Gasteiger partial charge is 0.375 e. The van der Waals surface area contributed by atoms with Crippen LogP contribution in [0.5, 0.6) is 0 Å². The van der Waals surface area contributed by atoms with Crippen molar-refractivity contribution in [3.8, 4) is 0 Å². The molecule has 0 amide bonds. The Morgan fingerprint density at radius 3 is 1.85 bits per heavy atom. The fourth-order valence-electron chi connectivity index (χ4n) is 1.03. The zero-order chi connectivity index (χ0) is 16.2. The van der Waals surface area contributed by atoms with Crippen LogP contribution in [-0.2, 0) is 18.4 Å². The summed E-state index contributed by atoms with van der Waals surface area (Å²) in [5, 5.41) is 0. The van der Waals surface area contributed by atoms with Crippen LogP contribution in [0.25, 0.3) is 0 Å². The van der Waals surface area contributed by atoms with Crippen LogP contribution in [0.2, 0.25) is 39.3 Å². The summed E-state index contributed by atoms with van der Waals surface area (Å²) in [5.74, 6) is -0.253. The molecule has 0 unspecified atom stereocenters. The number of hydrogen-bond acceptors (Lipinski definition) is 4. The van der Waals surface area contributed by atoms with E-state index in [1.165, 1.54) is 6.26 Å². The third kappa shape index (κ3) is 11.1. The fourth-order valence-corrected chi connectivity index (χ4v) is 2.28. The van der Waals surface area contributed by atoms with Crippen LogP contribution in [-0.4, -0.2) is 29.2 Å². The molecule has 6 heteroatoms. The van der Waals surface area contributed by atoms with Crippen molar-refractivity contribution in [2.75, 3.05) is 6.61 Å². The second kappa shape index (κ2) is 6.80. The Labute approximate surface area is 125 Å². The van der Waals surface area contributed by atoms with Crippen LogP contribution < -0.4 is 0 Å². The van der Waals surface area contributed by atoms with Gasteiger partial charge in [-0.05, 0) is 44.7 Å². The lowest BCUT2D eigenvalue weighted by molar-refractivity contribution is -0.144. The largest absolute Gasteiger partial charge is 0.547 e. The normalized spacial score (nSPS) is 13.9. The quantitative estimate of drug-likeness (QED) is 0.320. The molecule has 0 radical (unpaired) electrons. The molecule has 0 aliphatic carbocycles. The molecular formula is C14H30O4Si2. The van der Waals surface area contributed by atoms with E-state index in [-0.39, 0.29) is 11.2 Å². The highest BCUT2D eigenvalue weighted by atomic mass is 28.4. The highest BCUT2D eigenvalue weighted by molar-refractivity contribution is 6.70. The van der Waals surface area contributed by atoms with Gasteiger partial charge in [-0.15, -0.1) is 0 Å². The maximum atomic E-state index is 12.1. The number of esters is 1. The van der Waals surface area contributed by atoms with Gasteiger partial charge in [0.1, 0.15) is 6.26 Å². The summed E-state index contributed by atoms with van der Waals surface area (Å²) in [6, 6.07) is 0. The van der Waals surface area contributed by atoms with Crippen LogP contribution in [0, 0.1) is 5.41 Å². The molecule has 0 saturated carbocycles. The van der Waals surface area contributed by atoms with Crippen LogP contribution >= 0.6 is 0 Å². The molecule has 118 valence electrons. The Hall–Kier alpha value is -0.756.